The molecule has 218 valence electrons. The first-order chi connectivity index (χ1) is 19.5. The van der Waals surface area contributed by atoms with Crippen LogP contribution in [0.15, 0.2) is 47.4 Å². The van der Waals surface area contributed by atoms with Gasteiger partial charge in [0, 0.05) is 33.4 Å². The summed E-state index contributed by atoms with van der Waals surface area (Å²) < 4.78 is 26.2. The van der Waals surface area contributed by atoms with Crippen molar-refractivity contribution in [3.63, 3.8) is 0 Å². The Morgan fingerprint density at radius 2 is 1.71 bits per heavy atom. The molecule has 9 nitrogen and oxygen atoms in total. The van der Waals surface area contributed by atoms with E-state index in [2.05, 4.69) is 9.97 Å². The first-order valence-electron chi connectivity index (χ1n) is 12.7. The topological polar surface area (TPSA) is 114 Å². The Hall–Kier alpha value is -2.34. The van der Waals surface area contributed by atoms with Gasteiger partial charge in [0.1, 0.15) is 23.5 Å². The number of rotatable bonds is 9. The zero-order valence-electron chi connectivity index (χ0n) is 22.4. The van der Waals surface area contributed by atoms with Gasteiger partial charge in [-0.3, -0.25) is 4.79 Å². The van der Waals surface area contributed by atoms with Crippen LogP contribution in [0, 0.1) is 6.92 Å². The van der Waals surface area contributed by atoms with Crippen LogP contribution in [0.5, 0.6) is 0 Å². The van der Waals surface area contributed by atoms with Gasteiger partial charge in [0.25, 0.3) is 5.56 Å². The molecule has 1 aliphatic heterocycles. The molecule has 41 heavy (non-hydrogen) atoms. The zero-order valence-corrected chi connectivity index (χ0v) is 25.4. The molecule has 0 bridgehead atoms. The van der Waals surface area contributed by atoms with Crippen LogP contribution >= 0.6 is 46.4 Å². The highest BCUT2D eigenvalue weighted by Gasteiger charge is 2.57. The van der Waals surface area contributed by atoms with E-state index in [9.17, 15) is 4.79 Å². The first-order valence-corrected chi connectivity index (χ1v) is 14.2. The van der Waals surface area contributed by atoms with Gasteiger partial charge in [-0.05, 0) is 54.8 Å². The van der Waals surface area contributed by atoms with Crippen molar-refractivity contribution in [2.45, 2.75) is 51.1 Å². The van der Waals surface area contributed by atoms with Gasteiger partial charge in [0.2, 0.25) is 5.95 Å². The number of fused-ring (bicyclic) bond motifs is 1. The van der Waals surface area contributed by atoms with Gasteiger partial charge in [-0.1, -0.05) is 58.5 Å². The second-order valence-corrected chi connectivity index (χ2v) is 11.7. The number of hydrogen-bond acceptors (Lipinski definition) is 7. The number of methoxy groups -OCH3 is 1. The smallest absolute Gasteiger partial charge is 0.266 e. The normalized spacial score (nSPS) is 22.6. The molecule has 1 aliphatic rings. The first kappa shape index (κ1) is 30.1. The number of nitrogens with two attached hydrogens (primary N) is 1. The van der Waals surface area contributed by atoms with E-state index in [1.54, 1.807) is 49.5 Å². The lowest BCUT2D eigenvalue weighted by Crippen LogP contribution is -2.49. The Labute approximate surface area is 256 Å². The third kappa shape index (κ3) is 5.83. The van der Waals surface area contributed by atoms with E-state index in [0.29, 0.717) is 36.7 Å². The number of nitrogens with zero attached hydrogens (tertiary/aromatic N) is 2. The maximum Gasteiger partial charge on any atom is 0.266 e. The van der Waals surface area contributed by atoms with E-state index in [1.165, 1.54) is 11.7 Å². The highest BCUT2D eigenvalue weighted by Crippen LogP contribution is 2.43. The molecule has 0 amide bonds. The van der Waals surface area contributed by atoms with Crippen molar-refractivity contribution >= 4 is 63.4 Å². The van der Waals surface area contributed by atoms with Crippen molar-refractivity contribution in [1.29, 1.82) is 0 Å². The summed E-state index contributed by atoms with van der Waals surface area (Å²) in [5.74, 6) is -0.0355. The zero-order chi connectivity index (χ0) is 29.5. The minimum atomic E-state index is -1.19. The quantitative estimate of drug-likeness (QED) is 0.219. The van der Waals surface area contributed by atoms with Crippen molar-refractivity contribution in [2.75, 3.05) is 19.5 Å². The van der Waals surface area contributed by atoms with E-state index >= 15 is 0 Å². The molecular formula is C28H28Cl4N4O5. The molecule has 0 radical (unpaired) electrons. The standard InChI is InChI=1S/C28H28Cl4N4O5/c1-14-10-34-24-22(14)25(37)36(27(33)35-24)26-28(2,38-3)23(40-12-16-5-7-18(30)9-20(16)32)21(41-26)13-39-11-15-4-6-17(29)8-19(15)31/h4-10,21,23,26,34H,11-13H2,1-3H3,(H2,33,35)/t21-,23-,26-,28-/m1/s1. The molecule has 1 saturated heterocycles. The van der Waals surface area contributed by atoms with Gasteiger partial charge in [-0.2, -0.15) is 4.98 Å². The van der Waals surface area contributed by atoms with E-state index in [4.69, 9.17) is 71.1 Å². The van der Waals surface area contributed by atoms with Crippen molar-refractivity contribution < 1.29 is 18.9 Å². The predicted octanol–water partition coefficient (Wildman–Crippen LogP) is 6.33. The lowest BCUT2D eigenvalue weighted by atomic mass is 9.95. The van der Waals surface area contributed by atoms with E-state index in [0.717, 1.165) is 11.1 Å². The van der Waals surface area contributed by atoms with Gasteiger partial charge >= 0.3 is 0 Å². The van der Waals surface area contributed by atoms with E-state index in [1.807, 2.05) is 6.92 Å². The Kier molecular flexibility index (Phi) is 8.90. The average Bonchev–Trinajstić information content (AvgIpc) is 3.42. The maximum absolute atomic E-state index is 13.7. The highest BCUT2D eigenvalue weighted by atomic mass is 35.5. The maximum atomic E-state index is 13.7. The molecular weight excluding hydrogens is 614 g/mol. The number of halogens is 4. The largest absolute Gasteiger partial charge is 0.374 e. The molecule has 0 aliphatic carbocycles. The van der Waals surface area contributed by atoms with Crippen LogP contribution in [0.4, 0.5) is 5.95 Å². The van der Waals surface area contributed by atoms with E-state index in [-0.39, 0.29) is 31.3 Å². The van der Waals surface area contributed by atoms with Crippen molar-refractivity contribution in [1.82, 2.24) is 14.5 Å². The minimum absolute atomic E-state index is 0.0355. The number of nitrogen functional groups attached to an aromatic ring is 1. The number of aromatic amines is 1. The van der Waals surface area contributed by atoms with Gasteiger partial charge < -0.3 is 29.7 Å². The number of benzene rings is 2. The molecule has 0 spiro atoms. The lowest BCUT2D eigenvalue weighted by molar-refractivity contribution is -0.137. The fourth-order valence-electron chi connectivity index (χ4n) is 5.04. The number of anilines is 1. The molecule has 1 fully saturated rings. The Bertz CT molecular complexity index is 1640. The van der Waals surface area contributed by atoms with Crippen LogP contribution in [0.3, 0.4) is 0 Å². The summed E-state index contributed by atoms with van der Waals surface area (Å²) in [6, 6.07) is 10.3. The molecule has 0 unspecified atom stereocenters. The molecule has 3 N–H and O–H groups in total. The number of aryl methyl sites for hydroxylation is 1. The lowest BCUT2D eigenvalue weighted by Gasteiger charge is -2.34. The molecule has 13 heteroatoms. The molecule has 4 atom stereocenters. The third-order valence-corrected chi connectivity index (χ3v) is 8.50. The van der Waals surface area contributed by atoms with Crippen LogP contribution in [0.25, 0.3) is 11.0 Å². The second kappa shape index (κ2) is 12.1. The number of aromatic nitrogens is 3. The monoisotopic (exact) mass is 640 g/mol. The average molecular weight is 642 g/mol. The number of nitrogens with one attached hydrogen (secondary N) is 1. The summed E-state index contributed by atoms with van der Waals surface area (Å²) in [5.41, 5.74) is 7.35. The fraction of sp³-hybridized carbons (Fsp3) is 0.357. The van der Waals surface area contributed by atoms with Gasteiger partial charge in [-0.25, -0.2) is 4.57 Å². The van der Waals surface area contributed by atoms with Crippen molar-refractivity contribution in [3.05, 3.63) is 89.7 Å². The second-order valence-electron chi connectivity index (χ2n) is 9.97. The number of ether oxygens (including phenoxy) is 4. The Balaban J connectivity index is 1.48. The summed E-state index contributed by atoms with van der Waals surface area (Å²) in [7, 11) is 1.52. The summed E-state index contributed by atoms with van der Waals surface area (Å²) in [5, 5.41) is 2.38. The summed E-state index contributed by atoms with van der Waals surface area (Å²) >= 11 is 24.8. The van der Waals surface area contributed by atoms with Gasteiger partial charge in [0.05, 0.1) is 25.2 Å². The van der Waals surface area contributed by atoms with Gasteiger partial charge in [0.15, 0.2) is 6.23 Å². The van der Waals surface area contributed by atoms with Crippen molar-refractivity contribution in [3.8, 4) is 0 Å². The molecule has 4 aromatic rings. The highest BCUT2D eigenvalue weighted by molar-refractivity contribution is 6.35. The molecule has 5 rings (SSSR count). The SMILES string of the molecule is CO[C@]1(C)[C@H](OCc2ccc(Cl)cc2Cl)[C@@H](COCc2ccc(Cl)cc2Cl)O[C@H]1n1c(N)nc2[nH]cc(C)c2c1=O. The van der Waals surface area contributed by atoms with Crippen LogP contribution in [-0.4, -0.2) is 46.1 Å². The van der Waals surface area contributed by atoms with Crippen LogP contribution < -0.4 is 11.3 Å². The summed E-state index contributed by atoms with van der Waals surface area (Å²) in [6.45, 7) is 4.00. The summed E-state index contributed by atoms with van der Waals surface area (Å²) in [4.78, 5) is 21.1. The Morgan fingerprint density at radius 1 is 1.07 bits per heavy atom. The molecule has 0 saturated carbocycles. The fourth-order valence-corrected chi connectivity index (χ4v) is 5.97. The van der Waals surface area contributed by atoms with Crippen LogP contribution in [0.1, 0.15) is 29.8 Å². The van der Waals surface area contributed by atoms with Crippen molar-refractivity contribution in [2.24, 2.45) is 0 Å². The molecule has 2 aromatic carbocycles. The number of hydrogen-bond donors (Lipinski definition) is 2. The predicted molar refractivity (Wildman–Crippen MR) is 160 cm³/mol. The van der Waals surface area contributed by atoms with E-state index < -0.39 is 24.0 Å². The van der Waals surface area contributed by atoms with Crippen LogP contribution in [-0.2, 0) is 32.2 Å². The third-order valence-electron chi connectivity index (χ3n) is 7.32. The van der Waals surface area contributed by atoms with Crippen LogP contribution in [0.2, 0.25) is 20.1 Å². The molecule has 3 heterocycles. The minimum Gasteiger partial charge on any atom is -0.374 e. The number of H-pyrrole nitrogens is 1. The molecule has 2 aromatic heterocycles. The summed E-state index contributed by atoms with van der Waals surface area (Å²) in [6.07, 6.45) is -0.700. The Morgan fingerprint density at radius 3 is 2.32 bits per heavy atom. The van der Waals surface area contributed by atoms with Gasteiger partial charge in [-0.15, -0.1) is 0 Å².